The van der Waals surface area contributed by atoms with Crippen molar-refractivity contribution < 1.29 is 9.47 Å². The first-order valence-electron chi connectivity index (χ1n) is 8.38. The zero-order valence-corrected chi connectivity index (χ0v) is 14.8. The Balaban J connectivity index is 2.31. The van der Waals surface area contributed by atoms with Gasteiger partial charge in [-0.3, -0.25) is 4.99 Å². The molecule has 0 radical (unpaired) electrons. The van der Waals surface area contributed by atoms with E-state index in [9.17, 15) is 0 Å². The highest BCUT2D eigenvalue weighted by Crippen LogP contribution is 2.03. The van der Waals surface area contributed by atoms with Crippen molar-refractivity contribution in [2.24, 2.45) is 4.99 Å². The fourth-order valence-electron chi connectivity index (χ4n) is 2.15. The lowest BCUT2D eigenvalue weighted by Crippen LogP contribution is -2.38. The van der Waals surface area contributed by atoms with Crippen LogP contribution < -0.4 is 5.32 Å². The fourth-order valence-corrected chi connectivity index (χ4v) is 2.15. The topological polar surface area (TPSA) is 46.1 Å². The van der Waals surface area contributed by atoms with E-state index >= 15 is 0 Å². The average molecular weight is 321 g/mol. The van der Waals surface area contributed by atoms with Crippen molar-refractivity contribution in [1.29, 1.82) is 0 Å². The molecule has 130 valence electrons. The Bertz CT molecular complexity index is 424. The molecule has 0 saturated carbocycles. The van der Waals surface area contributed by atoms with Gasteiger partial charge in [0.2, 0.25) is 0 Å². The molecule has 0 aliphatic heterocycles. The zero-order valence-electron chi connectivity index (χ0n) is 14.8. The maximum atomic E-state index is 5.46. The normalized spacial score (nSPS) is 11.5. The second kappa shape index (κ2) is 12.9. The highest BCUT2D eigenvalue weighted by atomic mass is 16.5. The number of hydrogen-bond acceptors (Lipinski definition) is 3. The Hall–Kier alpha value is -1.59. The minimum atomic E-state index is 0.660. The first-order chi connectivity index (χ1) is 11.3. The molecule has 5 heteroatoms. The largest absolute Gasteiger partial charge is 0.382 e. The maximum absolute atomic E-state index is 5.46. The summed E-state index contributed by atoms with van der Waals surface area (Å²) >= 11 is 0. The molecule has 0 aromatic heterocycles. The monoisotopic (exact) mass is 321 g/mol. The standard InChI is InChI=1S/C18H31N3O2/c1-4-19-18(20-12-8-9-13-23-15-14-22-3)21(2)16-17-10-6-5-7-11-17/h5-7,10-11H,4,8-9,12-16H2,1-3H3,(H,19,20). The highest BCUT2D eigenvalue weighted by molar-refractivity contribution is 5.79. The molecule has 1 rings (SSSR count). The summed E-state index contributed by atoms with van der Waals surface area (Å²) in [6.07, 6.45) is 2.05. The number of ether oxygens (including phenoxy) is 2. The van der Waals surface area contributed by atoms with E-state index in [1.807, 2.05) is 6.07 Å². The molecule has 23 heavy (non-hydrogen) atoms. The third kappa shape index (κ3) is 9.21. The van der Waals surface area contributed by atoms with Crippen LogP contribution in [-0.2, 0) is 16.0 Å². The van der Waals surface area contributed by atoms with E-state index in [1.165, 1.54) is 5.56 Å². The molecule has 0 heterocycles. The van der Waals surface area contributed by atoms with Crippen molar-refractivity contribution in [2.45, 2.75) is 26.3 Å². The van der Waals surface area contributed by atoms with Crippen molar-refractivity contribution in [3.8, 4) is 0 Å². The van der Waals surface area contributed by atoms with Crippen molar-refractivity contribution in [3.05, 3.63) is 35.9 Å². The van der Waals surface area contributed by atoms with Gasteiger partial charge in [0.15, 0.2) is 5.96 Å². The van der Waals surface area contributed by atoms with E-state index < -0.39 is 0 Å². The fraction of sp³-hybridized carbons (Fsp3) is 0.611. The molecular weight excluding hydrogens is 290 g/mol. The predicted molar refractivity (Wildman–Crippen MR) is 95.8 cm³/mol. The molecule has 0 aliphatic carbocycles. The highest BCUT2D eigenvalue weighted by Gasteiger charge is 2.05. The molecule has 0 aliphatic rings. The number of methoxy groups -OCH3 is 1. The van der Waals surface area contributed by atoms with Crippen LogP contribution in [0, 0.1) is 0 Å². The minimum Gasteiger partial charge on any atom is -0.382 e. The summed E-state index contributed by atoms with van der Waals surface area (Å²) in [5, 5.41) is 3.35. The Morgan fingerprint density at radius 2 is 1.91 bits per heavy atom. The van der Waals surface area contributed by atoms with Gasteiger partial charge in [-0.05, 0) is 25.3 Å². The third-order valence-corrected chi connectivity index (χ3v) is 3.35. The van der Waals surface area contributed by atoms with Crippen LogP contribution in [0.3, 0.4) is 0 Å². The minimum absolute atomic E-state index is 0.660. The predicted octanol–water partition coefficient (Wildman–Crippen LogP) is 2.53. The molecule has 0 fully saturated rings. The third-order valence-electron chi connectivity index (χ3n) is 3.35. The van der Waals surface area contributed by atoms with E-state index in [4.69, 9.17) is 14.5 Å². The average Bonchev–Trinajstić information content (AvgIpc) is 2.57. The van der Waals surface area contributed by atoms with E-state index in [1.54, 1.807) is 7.11 Å². The van der Waals surface area contributed by atoms with Crippen LogP contribution in [-0.4, -0.2) is 57.9 Å². The van der Waals surface area contributed by atoms with Gasteiger partial charge in [0.05, 0.1) is 13.2 Å². The van der Waals surface area contributed by atoms with Gasteiger partial charge >= 0.3 is 0 Å². The van der Waals surface area contributed by atoms with Gasteiger partial charge in [0.25, 0.3) is 0 Å². The van der Waals surface area contributed by atoms with Gasteiger partial charge in [-0.2, -0.15) is 0 Å². The summed E-state index contributed by atoms with van der Waals surface area (Å²) < 4.78 is 10.4. The summed E-state index contributed by atoms with van der Waals surface area (Å²) in [5.41, 5.74) is 1.28. The van der Waals surface area contributed by atoms with E-state index in [0.29, 0.717) is 13.2 Å². The second-order valence-electron chi connectivity index (χ2n) is 5.39. The van der Waals surface area contributed by atoms with Gasteiger partial charge in [0.1, 0.15) is 0 Å². The molecule has 0 saturated heterocycles. The van der Waals surface area contributed by atoms with Crippen LogP contribution in [0.15, 0.2) is 35.3 Å². The van der Waals surface area contributed by atoms with Crippen LogP contribution in [0.5, 0.6) is 0 Å². The first-order valence-corrected chi connectivity index (χ1v) is 8.38. The summed E-state index contributed by atoms with van der Waals surface area (Å²) in [5.74, 6) is 0.955. The molecule has 5 nitrogen and oxygen atoms in total. The van der Waals surface area contributed by atoms with Crippen LogP contribution in [0.25, 0.3) is 0 Å². The van der Waals surface area contributed by atoms with Gasteiger partial charge in [0, 0.05) is 40.4 Å². The number of benzene rings is 1. The van der Waals surface area contributed by atoms with Crippen LogP contribution in [0.2, 0.25) is 0 Å². The molecule has 1 aromatic carbocycles. The van der Waals surface area contributed by atoms with E-state index in [2.05, 4.69) is 48.5 Å². The SMILES string of the molecule is CCNC(=NCCCCOCCOC)N(C)Cc1ccccc1. The number of unbranched alkanes of at least 4 members (excludes halogenated alkanes) is 1. The van der Waals surface area contributed by atoms with Crippen molar-refractivity contribution in [2.75, 3.05) is 47.1 Å². The molecule has 0 unspecified atom stereocenters. The Labute approximate surface area is 140 Å². The number of nitrogens with one attached hydrogen (secondary N) is 1. The van der Waals surface area contributed by atoms with Crippen LogP contribution >= 0.6 is 0 Å². The molecule has 0 bridgehead atoms. The van der Waals surface area contributed by atoms with E-state index in [-0.39, 0.29) is 0 Å². The lowest BCUT2D eigenvalue weighted by molar-refractivity contribution is 0.0690. The maximum Gasteiger partial charge on any atom is 0.193 e. The lowest BCUT2D eigenvalue weighted by Gasteiger charge is -2.22. The number of guanidine groups is 1. The Morgan fingerprint density at radius 1 is 1.13 bits per heavy atom. The summed E-state index contributed by atoms with van der Waals surface area (Å²) in [6, 6.07) is 10.4. The Morgan fingerprint density at radius 3 is 2.61 bits per heavy atom. The smallest absolute Gasteiger partial charge is 0.193 e. The van der Waals surface area contributed by atoms with Crippen molar-refractivity contribution in [3.63, 3.8) is 0 Å². The molecule has 0 atom stereocenters. The zero-order chi connectivity index (χ0) is 16.8. The van der Waals surface area contributed by atoms with Crippen LogP contribution in [0.4, 0.5) is 0 Å². The molecular formula is C18H31N3O2. The number of rotatable bonds is 11. The quantitative estimate of drug-likeness (QED) is 0.386. The Kier molecular flexibility index (Phi) is 10.9. The molecule has 1 N–H and O–H groups in total. The molecule has 1 aromatic rings. The van der Waals surface area contributed by atoms with Crippen LogP contribution in [0.1, 0.15) is 25.3 Å². The van der Waals surface area contributed by atoms with Gasteiger partial charge in [-0.25, -0.2) is 0 Å². The summed E-state index contributed by atoms with van der Waals surface area (Å²) in [4.78, 5) is 6.86. The van der Waals surface area contributed by atoms with Crippen molar-refractivity contribution >= 4 is 5.96 Å². The summed E-state index contributed by atoms with van der Waals surface area (Å²) in [7, 11) is 3.76. The lowest BCUT2D eigenvalue weighted by atomic mass is 10.2. The number of nitrogens with zero attached hydrogens (tertiary/aromatic N) is 2. The van der Waals surface area contributed by atoms with Gasteiger partial charge in [-0.15, -0.1) is 0 Å². The second-order valence-corrected chi connectivity index (χ2v) is 5.39. The first kappa shape index (κ1) is 19.5. The summed E-state index contributed by atoms with van der Waals surface area (Å²) in [6.45, 7) is 6.74. The molecule has 0 amide bonds. The number of aliphatic imine (C=N–C) groups is 1. The molecule has 0 spiro atoms. The number of hydrogen-bond donors (Lipinski definition) is 1. The van der Waals surface area contributed by atoms with Gasteiger partial charge in [-0.1, -0.05) is 30.3 Å². The van der Waals surface area contributed by atoms with Gasteiger partial charge < -0.3 is 19.7 Å². The van der Waals surface area contributed by atoms with E-state index in [0.717, 1.165) is 45.0 Å². The van der Waals surface area contributed by atoms with Crippen molar-refractivity contribution in [1.82, 2.24) is 10.2 Å².